The molecule has 0 saturated heterocycles. The number of hydrogen-bond donors (Lipinski definition) is 1. The van der Waals surface area contributed by atoms with Gasteiger partial charge in [-0.25, -0.2) is 0 Å². The van der Waals surface area contributed by atoms with Crippen molar-refractivity contribution >= 4 is 39.8 Å². The van der Waals surface area contributed by atoms with E-state index in [1.807, 2.05) is 17.5 Å². The van der Waals surface area contributed by atoms with Crippen LogP contribution in [0.3, 0.4) is 0 Å². The van der Waals surface area contributed by atoms with E-state index in [2.05, 4.69) is 5.32 Å². The molecule has 152 valence electrons. The molecule has 0 aliphatic heterocycles. The number of rotatable bonds is 7. The Bertz CT molecular complexity index is 1220. The van der Waals surface area contributed by atoms with Gasteiger partial charge in [-0.2, -0.15) is 0 Å². The molecule has 2 aromatic heterocycles. The Balaban J connectivity index is 1.42. The lowest BCUT2D eigenvalue weighted by Gasteiger charge is -2.08. The second-order valence-electron chi connectivity index (χ2n) is 6.29. The summed E-state index contributed by atoms with van der Waals surface area (Å²) < 4.78 is 16.6. The van der Waals surface area contributed by atoms with Gasteiger partial charge in [0.15, 0.2) is 6.61 Å². The van der Waals surface area contributed by atoms with Crippen LogP contribution in [0, 0.1) is 0 Å². The predicted octanol–water partition coefficient (Wildman–Crippen LogP) is 5.00. The van der Waals surface area contributed by atoms with Gasteiger partial charge in [-0.1, -0.05) is 17.7 Å². The molecule has 0 aliphatic rings. The van der Waals surface area contributed by atoms with E-state index in [0.29, 0.717) is 34.0 Å². The van der Waals surface area contributed by atoms with E-state index in [1.165, 1.54) is 6.26 Å². The third-order valence-electron chi connectivity index (χ3n) is 4.17. The summed E-state index contributed by atoms with van der Waals surface area (Å²) >= 11 is 7.42. The summed E-state index contributed by atoms with van der Waals surface area (Å²) in [6.45, 7) is 0.321. The van der Waals surface area contributed by atoms with Gasteiger partial charge >= 0.3 is 0 Å². The Morgan fingerprint density at radius 3 is 2.67 bits per heavy atom. The highest BCUT2D eigenvalue weighted by Gasteiger charge is 2.11. The average Bonchev–Trinajstić information content (AvgIpc) is 3.28. The highest BCUT2D eigenvalue weighted by atomic mass is 35.5. The summed E-state index contributed by atoms with van der Waals surface area (Å²) in [4.78, 5) is 25.7. The number of halogens is 1. The maximum atomic E-state index is 12.7. The highest BCUT2D eigenvalue weighted by Crippen LogP contribution is 2.25. The van der Waals surface area contributed by atoms with E-state index in [-0.39, 0.29) is 23.7 Å². The molecule has 0 aliphatic carbocycles. The largest absolute Gasteiger partial charge is 0.484 e. The molecule has 0 saturated carbocycles. The minimum atomic E-state index is -0.313. The summed E-state index contributed by atoms with van der Waals surface area (Å²) in [5.41, 5.74) is 0.0198. The number of ether oxygens (including phenoxy) is 2. The fourth-order valence-electron chi connectivity index (χ4n) is 2.68. The molecule has 0 radical (unpaired) electrons. The zero-order valence-corrected chi connectivity index (χ0v) is 17.2. The van der Waals surface area contributed by atoms with Crippen molar-refractivity contribution in [2.45, 2.75) is 6.54 Å². The number of thiophene rings is 1. The molecule has 0 fully saturated rings. The van der Waals surface area contributed by atoms with Crippen molar-refractivity contribution in [2.75, 3.05) is 6.61 Å². The number of carbonyl (C=O) groups excluding carboxylic acids is 1. The van der Waals surface area contributed by atoms with Gasteiger partial charge in [0, 0.05) is 16.0 Å². The van der Waals surface area contributed by atoms with E-state index in [0.717, 1.165) is 4.88 Å². The standard InChI is InChI=1S/C22H16ClNO5S/c23-14-3-5-15(6-4-14)29-20-12-28-19-10-16(7-8-18(19)22(20)26)27-13-21(25)24-11-17-2-1-9-30-17/h1-10,12H,11,13H2,(H,24,25). The molecular formula is C22H16ClNO5S. The smallest absolute Gasteiger partial charge is 0.258 e. The Morgan fingerprint density at radius 1 is 1.10 bits per heavy atom. The molecule has 0 spiro atoms. The van der Waals surface area contributed by atoms with Crippen LogP contribution in [-0.4, -0.2) is 12.5 Å². The Labute approximate surface area is 180 Å². The molecule has 0 atom stereocenters. The molecule has 4 rings (SSSR count). The lowest BCUT2D eigenvalue weighted by molar-refractivity contribution is -0.123. The summed E-state index contributed by atoms with van der Waals surface area (Å²) in [7, 11) is 0. The van der Waals surface area contributed by atoms with E-state index >= 15 is 0 Å². The zero-order valence-electron chi connectivity index (χ0n) is 15.6. The van der Waals surface area contributed by atoms with Crippen LogP contribution in [0.2, 0.25) is 5.02 Å². The quantitative estimate of drug-likeness (QED) is 0.437. The second-order valence-corrected chi connectivity index (χ2v) is 7.76. The first kappa shape index (κ1) is 20.0. The minimum absolute atomic E-state index is 0.0615. The molecular weight excluding hydrogens is 426 g/mol. The molecule has 0 bridgehead atoms. The van der Waals surface area contributed by atoms with Crippen LogP contribution in [0.1, 0.15) is 4.88 Å². The van der Waals surface area contributed by atoms with Crippen molar-refractivity contribution in [3.63, 3.8) is 0 Å². The first-order valence-electron chi connectivity index (χ1n) is 8.99. The van der Waals surface area contributed by atoms with Crippen LogP contribution >= 0.6 is 22.9 Å². The molecule has 2 heterocycles. The van der Waals surface area contributed by atoms with Crippen LogP contribution in [0.15, 0.2) is 75.5 Å². The summed E-state index contributed by atoms with van der Waals surface area (Å²) in [5, 5.41) is 5.65. The first-order valence-corrected chi connectivity index (χ1v) is 10.2. The maximum absolute atomic E-state index is 12.7. The molecule has 0 unspecified atom stereocenters. The Hall–Kier alpha value is -3.29. The van der Waals surface area contributed by atoms with Crippen LogP contribution < -0.4 is 20.2 Å². The average molecular weight is 442 g/mol. The topological polar surface area (TPSA) is 77.8 Å². The van der Waals surface area contributed by atoms with E-state index < -0.39 is 0 Å². The molecule has 8 heteroatoms. The predicted molar refractivity (Wildman–Crippen MR) is 116 cm³/mol. The van der Waals surface area contributed by atoms with Crippen LogP contribution in [0.25, 0.3) is 11.0 Å². The summed E-state index contributed by atoms with van der Waals surface area (Å²) in [5.74, 6) is 0.714. The van der Waals surface area contributed by atoms with Crippen molar-refractivity contribution < 1.29 is 18.7 Å². The number of nitrogens with one attached hydrogen (secondary N) is 1. The molecule has 2 aromatic carbocycles. The van der Waals surface area contributed by atoms with Gasteiger partial charge in [0.1, 0.15) is 23.3 Å². The van der Waals surface area contributed by atoms with Gasteiger partial charge in [0.2, 0.25) is 11.2 Å². The van der Waals surface area contributed by atoms with Gasteiger partial charge < -0.3 is 19.2 Å². The monoisotopic (exact) mass is 441 g/mol. The normalized spacial score (nSPS) is 10.7. The lowest BCUT2D eigenvalue weighted by Crippen LogP contribution is -2.28. The van der Waals surface area contributed by atoms with Gasteiger partial charge in [0.25, 0.3) is 5.91 Å². The number of fused-ring (bicyclic) bond motifs is 1. The molecule has 1 N–H and O–H groups in total. The number of hydrogen-bond acceptors (Lipinski definition) is 6. The van der Waals surface area contributed by atoms with Gasteiger partial charge in [-0.05, 0) is 47.8 Å². The second kappa shape index (κ2) is 9.02. The van der Waals surface area contributed by atoms with Crippen molar-refractivity contribution in [3.05, 3.63) is 86.4 Å². The molecule has 30 heavy (non-hydrogen) atoms. The van der Waals surface area contributed by atoms with Crippen LogP contribution in [-0.2, 0) is 11.3 Å². The molecule has 4 aromatic rings. The number of benzene rings is 2. The number of amides is 1. The first-order chi connectivity index (χ1) is 14.6. The van der Waals surface area contributed by atoms with Gasteiger partial charge in [-0.3, -0.25) is 9.59 Å². The fraction of sp³-hybridized carbons (Fsp3) is 0.0909. The third kappa shape index (κ3) is 4.82. The summed E-state index contributed by atoms with van der Waals surface area (Å²) in [6.07, 6.45) is 1.25. The fourth-order valence-corrected chi connectivity index (χ4v) is 3.45. The lowest BCUT2D eigenvalue weighted by atomic mass is 10.2. The van der Waals surface area contributed by atoms with Crippen LogP contribution in [0.5, 0.6) is 17.2 Å². The summed E-state index contributed by atoms with van der Waals surface area (Å²) in [6, 6.07) is 15.3. The van der Waals surface area contributed by atoms with Crippen molar-refractivity contribution in [2.24, 2.45) is 0 Å². The molecule has 1 amide bonds. The Kier molecular flexibility index (Phi) is 6.02. The minimum Gasteiger partial charge on any atom is -0.484 e. The van der Waals surface area contributed by atoms with E-state index in [9.17, 15) is 9.59 Å². The highest BCUT2D eigenvalue weighted by molar-refractivity contribution is 7.09. The van der Waals surface area contributed by atoms with Gasteiger partial charge in [-0.15, -0.1) is 11.3 Å². The van der Waals surface area contributed by atoms with Crippen molar-refractivity contribution in [1.29, 1.82) is 0 Å². The SMILES string of the molecule is O=C(COc1ccc2c(=O)c(Oc3ccc(Cl)cc3)coc2c1)NCc1cccs1. The molecule has 6 nitrogen and oxygen atoms in total. The van der Waals surface area contributed by atoms with Crippen molar-refractivity contribution in [3.8, 4) is 17.2 Å². The maximum Gasteiger partial charge on any atom is 0.258 e. The zero-order chi connectivity index (χ0) is 20.9. The van der Waals surface area contributed by atoms with E-state index in [1.54, 1.807) is 53.8 Å². The van der Waals surface area contributed by atoms with Crippen LogP contribution in [0.4, 0.5) is 0 Å². The number of carbonyl (C=O) groups is 1. The third-order valence-corrected chi connectivity index (χ3v) is 5.29. The van der Waals surface area contributed by atoms with E-state index in [4.69, 9.17) is 25.5 Å². The Morgan fingerprint density at radius 2 is 1.90 bits per heavy atom. The van der Waals surface area contributed by atoms with Crippen molar-refractivity contribution in [1.82, 2.24) is 5.32 Å². The van der Waals surface area contributed by atoms with Gasteiger partial charge in [0.05, 0.1) is 11.9 Å².